The van der Waals surface area contributed by atoms with Gasteiger partial charge in [-0.1, -0.05) is 17.3 Å². The first-order valence-corrected chi connectivity index (χ1v) is 6.08. The van der Waals surface area contributed by atoms with Crippen LogP contribution in [0.2, 0.25) is 0 Å². The third-order valence-corrected chi connectivity index (χ3v) is 3.12. The minimum atomic E-state index is 0.830. The molecule has 92 valence electrons. The lowest BCUT2D eigenvalue weighted by Crippen LogP contribution is -2.05. The van der Waals surface area contributed by atoms with Gasteiger partial charge in [0.2, 0.25) is 0 Å². The molecule has 0 spiro atoms. The summed E-state index contributed by atoms with van der Waals surface area (Å²) >= 11 is 0. The molecule has 1 aromatic carbocycles. The monoisotopic (exact) mass is 241 g/mol. The van der Waals surface area contributed by atoms with Crippen LogP contribution >= 0.6 is 0 Å². The van der Waals surface area contributed by atoms with Gasteiger partial charge in [0.1, 0.15) is 0 Å². The van der Waals surface area contributed by atoms with Crippen LogP contribution in [-0.2, 0) is 13.0 Å². The number of rotatable bonds is 3. The number of fused-ring (bicyclic) bond motifs is 1. The molecule has 4 heteroatoms. The number of nitrogens with zero attached hydrogens (tertiary/aromatic N) is 3. The maximum absolute atomic E-state index is 5.29. The van der Waals surface area contributed by atoms with E-state index in [9.17, 15) is 0 Å². The molecule has 0 N–H and O–H groups in total. The van der Waals surface area contributed by atoms with Gasteiger partial charge in [0.25, 0.3) is 0 Å². The smallest absolute Gasteiger partial charge is 0.167 e. The van der Waals surface area contributed by atoms with Crippen molar-refractivity contribution in [1.29, 1.82) is 0 Å². The Morgan fingerprint density at radius 2 is 2.06 bits per heavy atom. The summed E-state index contributed by atoms with van der Waals surface area (Å²) in [5, 5.41) is 9.68. The van der Waals surface area contributed by atoms with Crippen molar-refractivity contribution in [3.63, 3.8) is 0 Å². The van der Waals surface area contributed by atoms with Crippen LogP contribution in [0.3, 0.4) is 0 Å². The van der Waals surface area contributed by atoms with Crippen molar-refractivity contribution >= 4 is 11.0 Å². The van der Waals surface area contributed by atoms with Gasteiger partial charge in [-0.05, 0) is 32.0 Å². The zero-order valence-corrected chi connectivity index (χ0v) is 10.6. The van der Waals surface area contributed by atoms with Gasteiger partial charge in [0.05, 0.1) is 11.4 Å². The SMILES string of the molecule is Cc1cc(C)n(CCc2noc3ccccc23)n1. The Hall–Kier alpha value is -2.10. The largest absolute Gasteiger partial charge is 0.356 e. The number of para-hydroxylation sites is 1. The second-order valence-electron chi connectivity index (χ2n) is 4.53. The summed E-state index contributed by atoms with van der Waals surface area (Å²) in [5.41, 5.74) is 4.08. The highest BCUT2D eigenvalue weighted by atomic mass is 16.5. The highest BCUT2D eigenvalue weighted by Crippen LogP contribution is 2.18. The Bertz CT molecular complexity index is 681. The summed E-state index contributed by atoms with van der Waals surface area (Å²) in [4.78, 5) is 0. The predicted octanol–water partition coefficient (Wildman–Crippen LogP) is 2.88. The van der Waals surface area contributed by atoms with Crippen molar-refractivity contribution in [3.05, 3.63) is 47.4 Å². The molecule has 0 aliphatic rings. The van der Waals surface area contributed by atoms with Crippen molar-refractivity contribution in [1.82, 2.24) is 14.9 Å². The first-order chi connectivity index (χ1) is 8.74. The molecule has 3 aromatic rings. The average molecular weight is 241 g/mol. The van der Waals surface area contributed by atoms with Gasteiger partial charge in [-0.15, -0.1) is 0 Å². The third-order valence-electron chi connectivity index (χ3n) is 3.12. The van der Waals surface area contributed by atoms with E-state index in [0.29, 0.717) is 0 Å². The summed E-state index contributed by atoms with van der Waals surface area (Å²) in [7, 11) is 0. The maximum Gasteiger partial charge on any atom is 0.167 e. The van der Waals surface area contributed by atoms with E-state index in [4.69, 9.17) is 4.52 Å². The van der Waals surface area contributed by atoms with E-state index >= 15 is 0 Å². The Morgan fingerprint density at radius 1 is 1.22 bits per heavy atom. The highest BCUT2D eigenvalue weighted by Gasteiger charge is 2.08. The Kier molecular flexibility index (Phi) is 2.63. The first-order valence-electron chi connectivity index (χ1n) is 6.08. The molecule has 0 bridgehead atoms. The van der Waals surface area contributed by atoms with Crippen LogP contribution in [0.25, 0.3) is 11.0 Å². The van der Waals surface area contributed by atoms with Gasteiger partial charge in [0, 0.05) is 24.0 Å². The molecule has 2 aromatic heterocycles. The summed E-state index contributed by atoms with van der Waals surface area (Å²) in [6.45, 7) is 4.91. The van der Waals surface area contributed by atoms with Crippen LogP contribution in [0, 0.1) is 13.8 Å². The van der Waals surface area contributed by atoms with Gasteiger partial charge in [-0.3, -0.25) is 4.68 Å². The molecule has 4 nitrogen and oxygen atoms in total. The van der Waals surface area contributed by atoms with Crippen LogP contribution in [0.1, 0.15) is 17.1 Å². The van der Waals surface area contributed by atoms with Crippen molar-refractivity contribution < 1.29 is 4.52 Å². The lowest BCUT2D eigenvalue weighted by molar-refractivity contribution is 0.441. The molecular formula is C14H15N3O. The molecule has 0 fully saturated rings. The Labute approximate surface area is 105 Å². The zero-order chi connectivity index (χ0) is 12.5. The van der Waals surface area contributed by atoms with Gasteiger partial charge >= 0.3 is 0 Å². The lowest BCUT2D eigenvalue weighted by Gasteiger charge is -2.02. The first kappa shape index (κ1) is 11.0. The number of hydrogen-bond donors (Lipinski definition) is 0. The number of aromatic nitrogens is 3. The molecule has 18 heavy (non-hydrogen) atoms. The van der Waals surface area contributed by atoms with Crippen LogP contribution in [0.5, 0.6) is 0 Å². The van der Waals surface area contributed by atoms with Crippen molar-refractivity contribution in [3.8, 4) is 0 Å². The van der Waals surface area contributed by atoms with E-state index in [1.54, 1.807) is 0 Å². The minimum absolute atomic E-state index is 0.830. The normalized spacial score (nSPS) is 11.2. The molecule has 2 heterocycles. The van der Waals surface area contributed by atoms with Crippen LogP contribution in [0.15, 0.2) is 34.9 Å². The fraction of sp³-hybridized carbons (Fsp3) is 0.286. The second kappa shape index (κ2) is 4.29. The Morgan fingerprint density at radius 3 is 2.83 bits per heavy atom. The average Bonchev–Trinajstić information content (AvgIpc) is 2.90. The lowest BCUT2D eigenvalue weighted by atomic mass is 10.2. The van der Waals surface area contributed by atoms with E-state index in [2.05, 4.69) is 23.2 Å². The maximum atomic E-state index is 5.29. The number of hydrogen-bond acceptors (Lipinski definition) is 3. The molecule has 0 saturated carbocycles. The topological polar surface area (TPSA) is 43.9 Å². The quantitative estimate of drug-likeness (QED) is 0.708. The second-order valence-corrected chi connectivity index (χ2v) is 4.53. The van der Waals surface area contributed by atoms with Crippen LogP contribution in [-0.4, -0.2) is 14.9 Å². The van der Waals surface area contributed by atoms with Crippen molar-refractivity contribution in [2.45, 2.75) is 26.8 Å². The fourth-order valence-electron chi connectivity index (χ4n) is 2.23. The molecule has 0 aliphatic heterocycles. The molecule has 0 atom stereocenters. The summed E-state index contributed by atoms with van der Waals surface area (Å²) in [6.07, 6.45) is 0.832. The molecule has 0 amide bonds. The molecular weight excluding hydrogens is 226 g/mol. The minimum Gasteiger partial charge on any atom is -0.356 e. The fourth-order valence-corrected chi connectivity index (χ4v) is 2.23. The molecule has 0 radical (unpaired) electrons. The van der Waals surface area contributed by atoms with Gasteiger partial charge in [-0.25, -0.2) is 0 Å². The molecule has 0 aliphatic carbocycles. The third kappa shape index (κ3) is 1.90. The van der Waals surface area contributed by atoms with E-state index in [0.717, 1.165) is 35.3 Å². The summed E-state index contributed by atoms with van der Waals surface area (Å²) in [5.74, 6) is 0. The highest BCUT2D eigenvalue weighted by molar-refractivity contribution is 5.79. The predicted molar refractivity (Wildman–Crippen MR) is 69.4 cm³/mol. The Balaban J connectivity index is 1.83. The molecule has 0 saturated heterocycles. The van der Waals surface area contributed by atoms with Gasteiger partial charge in [0.15, 0.2) is 5.58 Å². The standard InChI is InChI=1S/C14H15N3O/c1-10-9-11(2)17(15-10)8-7-13-12-5-3-4-6-14(12)18-16-13/h3-6,9H,7-8H2,1-2H3. The van der Waals surface area contributed by atoms with E-state index in [1.807, 2.05) is 35.9 Å². The summed E-state index contributed by atoms with van der Waals surface area (Å²) < 4.78 is 7.31. The number of benzene rings is 1. The van der Waals surface area contributed by atoms with Gasteiger partial charge in [-0.2, -0.15) is 5.10 Å². The summed E-state index contributed by atoms with van der Waals surface area (Å²) in [6, 6.07) is 10.0. The van der Waals surface area contributed by atoms with Crippen LogP contribution < -0.4 is 0 Å². The van der Waals surface area contributed by atoms with Crippen molar-refractivity contribution in [2.24, 2.45) is 0 Å². The van der Waals surface area contributed by atoms with E-state index in [1.165, 1.54) is 5.69 Å². The molecule has 3 rings (SSSR count). The zero-order valence-electron chi connectivity index (χ0n) is 10.6. The van der Waals surface area contributed by atoms with Crippen molar-refractivity contribution in [2.75, 3.05) is 0 Å². The van der Waals surface area contributed by atoms with Crippen LogP contribution in [0.4, 0.5) is 0 Å². The van der Waals surface area contributed by atoms with E-state index in [-0.39, 0.29) is 0 Å². The van der Waals surface area contributed by atoms with Gasteiger partial charge < -0.3 is 4.52 Å². The molecule has 0 unspecified atom stereocenters. The number of aryl methyl sites for hydroxylation is 4. The van der Waals surface area contributed by atoms with E-state index < -0.39 is 0 Å².